The Bertz CT molecular complexity index is 1600. The van der Waals surface area contributed by atoms with E-state index in [0.717, 1.165) is 39.0 Å². The number of halogens is 2. The number of hydrogen-bond acceptors (Lipinski definition) is 5. The van der Waals surface area contributed by atoms with Crippen molar-refractivity contribution in [2.45, 2.75) is 38.1 Å². The molecule has 2 heterocycles. The fraction of sp³-hybridized carbons (Fsp3) is 0.286. The van der Waals surface area contributed by atoms with E-state index in [0.29, 0.717) is 30.6 Å². The van der Waals surface area contributed by atoms with Crippen LogP contribution in [0.5, 0.6) is 0 Å². The lowest BCUT2D eigenvalue weighted by Gasteiger charge is -2.33. The quantitative estimate of drug-likeness (QED) is 0.300. The number of anilines is 1. The third-order valence-electron chi connectivity index (χ3n) is 6.83. The molecule has 1 aliphatic heterocycles. The molecule has 0 aliphatic carbocycles. The van der Waals surface area contributed by atoms with Gasteiger partial charge in [-0.2, -0.15) is 4.31 Å². The summed E-state index contributed by atoms with van der Waals surface area (Å²) in [5.41, 5.74) is 4.01. The number of carbonyl (C=O) groups excluding carboxylic acids is 1. The van der Waals surface area contributed by atoms with Gasteiger partial charge in [0.2, 0.25) is 15.9 Å². The zero-order valence-electron chi connectivity index (χ0n) is 21.0. The summed E-state index contributed by atoms with van der Waals surface area (Å²) >= 11 is 1.47. The first-order chi connectivity index (χ1) is 18.1. The highest BCUT2D eigenvalue weighted by atomic mass is 32.2. The first-order valence-electron chi connectivity index (χ1n) is 12.3. The van der Waals surface area contributed by atoms with E-state index in [9.17, 15) is 22.0 Å². The van der Waals surface area contributed by atoms with E-state index in [1.807, 2.05) is 44.2 Å². The molecule has 1 saturated heterocycles. The Balaban J connectivity index is 1.39. The number of rotatable bonds is 6. The maximum atomic E-state index is 13.9. The second kappa shape index (κ2) is 10.5. The Morgan fingerprint density at radius 1 is 1.03 bits per heavy atom. The first kappa shape index (κ1) is 26.4. The van der Waals surface area contributed by atoms with Gasteiger partial charge in [-0.25, -0.2) is 22.2 Å². The molecule has 0 unspecified atom stereocenters. The molecule has 0 N–H and O–H groups in total. The van der Waals surface area contributed by atoms with Crippen LogP contribution in [0.15, 0.2) is 65.6 Å². The Morgan fingerprint density at radius 2 is 1.74 bits per heavy atom. The van der Waals surface area contributed by atoms with E-state index >= 15 is 0 Å². The normalized spacial score (nSPS) is 15.2. The number of aryl methyl sites for hydroxylation is 2. The van der Waals surface area contributed by atoms with Crippen LogP contribution in [-0.4, -0.2) is 36.7 Å². The molecule has 0 atom stereocenters. The number of hydrogen-bond donors (Lipinski definition) is 0. The van der Waals surface area contributed by atoms with E-state index in [1.54, 1.807) is 4.90 Å². The van der Waals surface area contributed by atoms with Crippen LogP contribution in [0.2, 0.25) is 0 Å². The molecule has 1 amide bonds. The van der Waals surface area contributed by atoms with Gasteiger partial charge in [0.25, 0.3) is 0 Å². The molecule has 38 heavy (non-hydrogen) atoms. The van der Waals surface area contributed by atoms with Crippen LogP contribution in [-0.2, 0) is 21.4 Å². The van der Waals surface area contributed by atoms with E-state index < -0.39 is 27.6 Å². The van der Waals surface area contributed by atoms with Crippen LogP contribution >= 0.6 is 11.3 Å². The third-order valence-corrected chi connectivity index (χ3v) is 9.75. The number of carbonyl (C=O) groups is 1. The highest BCUT2D eigenvalue weighted by Crippen LogP contribution is 2.35. The Hall–Kier alpha value is -3.21. The van der Waals surface area contributed by atoms with Crippen LogP contribution in [0.3, 0.4) is 0 Å². The van der Waals surface area contributed by atoms with Crippen LogP contribution in [0, 0.1) is 31.4 Å². The minimum absolute atomic E-state index is 0.104. The zero-order valence-corrected chi connectivity index (χ0v) is 22.7. The molecule has 1 aromatic heterocycles. The summed E-state index contributed by atoms with van der Waals surface area (Å²) in [5.74, 6) is -2.82. The molecule has 3 aromatic carbocycles. The Kier molecular flexibility index (Phi) is 7.30. The Morgan fingerprint density at radius 3 is 2.42 bits per heavy atom. The monoisotopic (exact) mass is 555 g/mol. The fourth-order valence-corrected chi connectivity index (χ4v) is 7.46. The number of thiazole rings is 1. The number of piperidine rings is 1. The number of amides is 1. The molecule has 198 valence electrons. The van der Waals surface area contributed by atoms with Crippen molar-refractivity contribution >= 4 is 42.6 Å². The first-order valence-corrected chi connectivity index (χ1v) is 14.6. The Labute approximate surface area is 224 Å². The molecule has 1 aliphatic rings. The second-order valence-electron chi connectivity index (χ2n) is 9.59. The van der Waals surface area contributed by atoms with Crippen molar-refractivity contribution in [3.8, 4) is 0 Å². The largest absolute Gasteiger partial charge is 0.283 e. The van der Waals surface area contributed by atoms with Crippen LogP contribution in [0.25, 0.3) is 10.2 Å². The van der Waals surface area contributed by atoms with Gasteiger partial charge < -0.3 is 0 Å². The molecule has 5 rings (SSSR count). The van der Waals surface area contributed by atoms with Gasteiger partial charge in [0, 0.05) is 19.0 Å². The summed E-state index contributed by atoms with van der Waals surface area (Å²) < 4.78 is 55.3. The minimum atomic E-state index is -4.01. The number of sulfonamides is 1. The summed E-state index contributed by atoms with van der Waals surface area (Å²) in [6, 6.07) is 16.4. The predicted molar refractivity (Wildman–Crippen MR) is 145 cm³/mol. The predicted octanol–water partition coefficient (Wildman–Crippen LogP) is 5.83. The van der Waals surface area contributed by atoms with E-state index in [1.165, 1.54) is 15.6 Å². The van der Waals surface area contributed by atoms with Gasteiger partial charge in [-0.05, 0) is 67.6 Å². The van der Waals surface area contributed by atoms with Gasteiger partial charge >= 0.3 is 0 Å². The third kappa shape index (κ3) is 5.21. The lowest BCUT2D eigenvalue weighted by Crippen LogP contribution is -2.44. The molecule has 0 radical (unpaired) electrons. The number of benzene rings is 3. The fourth-order valence-electron chi connectivity index (χ4n) is 4.83. The number of fused-ring (bicyclic) bond motifs is 1. The number of aromatic nitrogens is 1. The van der Waals surface area contributed by atoms with Crippen molar-refractivity contribution < 1.29 is 22.0 Å². The van der Waals surface area contributed by atoms with Gasteiger partial charge in [-0.1, -0.05) is 47.7 Å². The van der Waals surface area contributed by atoms with Gasteiger partial charge in [0.15, 0.2) is 16.8 Å². The highest BCUT2D eigenvalue weighted by Gasteiger charge is 2.35. The van der Waals surface area contributed by atoms with Crippen molar-refractivity contribution in [3.05, 3.63) is 89.0 Å². The lowest BCUT2D eigenvalue weighted by molar-refractivity contribution is -0.123. The van der Waals surface area contributed by atoms with E-state index in [4.69, 9.17) is 4.98 Å². The summed E-state index contributed by atoms with van der Waals surface area (Å²) in [4.78, 5) is 20.1. The van der Waals surface area contributed by atoms with Gasteiger partial charge in [0.05, 0.1) is 21.7 Å². The molecule has 6 nitrogen and oxygen atoms in total. The summed E-state index contributed by atoms with van der Waals surface area (Å²) in [7, 11) is -4.01. The van der Waals surface area contributed by atoms with Crippen molar-refractivity contribution in [1.82, 2.24) is 9.29 Å². The smallest absolute Gasteiger partial charge is 0.243 e. The van der Waals surface area contributed by atoms with Gasteiger partial charge in [-0.3, -0.25) is 9.69 Å². The molecular formula is C28H27F2N3O3S2. The molecule has 0 saturated carbocycles. The average Bonchev–Trinajstić information content (AvgIpc) is 3.33. The van der Waals surface area contributed by atoms with Crippen molar-refractivity contribution in [1.29, 1.82) is 0 Å². The SMILES string of the molecule is Cc1cc(C)c2nc(N(Cc3ccccc3)C(=O)C3CCN(S(=O)(=O)c4ccc(F)c(F)c4)CC3)sc2c1. The van der Waals surface area contributed by atoms with Gasteiger partial charge in [0.1, 0.15) is 0 Å². The van der Waals surface area contributed by atoms with Crippen LogP contribution in [0.4, 0.5) is 13.9 Å². The standard InChI is InChI=1S/C28H27F2N3O3S2/c1-18-14-19(2)26-25(15-18)37-28(31-26)33(17-20-6-4-3-5-7-20)27(34)21-10-12-32(13-11-21)38(35,36)22-8-9-23(29)24(30)16-22/h3-9,14-16,21H,10-13,17H2,1-2H3. The molecule has 10 heteroatoms. The molecular weight excluding hydrogens is 528 g/mol. The highest BCUT2D eigenvalue weighted by molar-refractivity contribution is 7.89. The van der Waals surface area contributed by atoms with E-state index in [2.05, 4.69) is 12.1 Å². The van der Waals surface area contributed by atoms with Gasteiger partial charge in [-0.15, -0.1) is 0 Å². The van der Waals surface area contributed by atoms with Crippen LogP contribution in [0.1, 0.15) is 29.5 Å². The van der Waals surface area contributed by atoms with Crippen molar-refractivity contribution in [2.75, 3.05) is 18.0 Å². The van der Waals surface area contributed by atoms with E-state index in [-0.39, 0.29) is 23.9 Å². The maximum absolute atomic E-state index is 13.9. The van der Waals surface area contributed by atoms with Crippen molar-refractivity contribution in [3.63, 3.8) is 0 Å². The average molecular weight is 556 g/mol. The molecule has 0 spiro atoms. The van der Waals surface area contributed by atoms with Crippen molar-refractivity contribution in [2.24, 2.45) is 5.92 Å². The number of nitrogens with zero attached hydrogens (tertiary/aromatic N) is 3. The molecule has 4 aromatic rings. The summed E-state index contributed by atoms with van der Waals surface area (Å²) in [6.45, 7) is 4.60. The summed E-state index contributed by atoms with van der Waals surface area (Å²) in [5, 5.41) is 0.611. The summed E-state index contributed by atoms with van der Waals surface area (Å²) in [6.07, 6.45) is 0.631. The lowest BCUT2D eigenvalue weighted by atomic mass is 9.96. The molecule has 1 fully saturated rings. The van der Waals surface area contributed by atoms with Crippen LogP contribution < -0.4 is 4.90 Å². The molecule has 0 bridgehead atoms. The maximum Gasteiger partial charge on any atom is 0.243 e. The second-order valence-corrected chi connectivity index (χ2v) is 12.5. The topological polar surface area (TPSA) is 70.6 Å². The zero-order chi connectivity index (χ0) is 27.0. The minimum Gasteiger partial charge on any atom is -0.283 e.